The van der Waals surface area contributed by atoms with Gasteiger partial charge in [0.15, 0.2) is 0 Å². The summed E-state index contributed by atoms with van der Waals surface area (Å²) in [6.07, 6.45) is 4.21. The molecule has 3 nitrogen and oxygen atoms in total. The van der Waals surface area contributed by atoms with Crippen molar-refractivity contribution in [1.29, 1.82) is 0 Å². The van der Waals surface area contributed by atoms with E-state index < -0.39 is 9.84 Å². The molecule has 0 aromatic carbocycles. The number of rotatable bonds is 7. The van der Waals surface area contributed by atoms with Gasteiger partial charge in [-0.1, -0.05) is 13.8 Å². The lowest BCUT2D eigenvalue weighted by Gasteiger charge is -2.13. The minimum atomic E-state index is -2.78. The van der Waals surface area contributed by atoms with Crippen LogP contribution >= 0.6 is 0 Å². The third-order valence-corrected chi connectivity index (χ3v) is 3.14. The van der Waals surface area contributed by atoms with Gasteiger partial charge in [-0.2, -0.15) is 0 Å². The van der Waals surface area contributed by atoms with Crippen LogP contribution in [-0.4, -0.2) is 33.0 Å². The van der Waals surface area contributed by atoms with Crippen molar-refractivity contribution in [3.63, 3.8) is 0 Å². The molecule has 0 aromatic rings. The fourth-order valence-corrected chi connectivity index (χ4v) is 1.89. The molecule has 0 saturated carbocycles. The van der Waals surface area contributed by atoms with E-state index in [1.165, 1.54) is 6.26 Å². The minimum absolute atomic E-state index is 0.292. The maximum Gasteiger partial charge on any atom is 0.147 e. The normalized spacial score (nSPS) is 12.3. The van der Waals surface area contributed by atoms with Gasteiger partial charge in [0, 0.05) is 12.3 Å². The van der Waals surface area contributed by atoms with Crippen LogP contribution in [0.2, 0.25) is 0 Å². The Morgan fingerprint density at radius 2 is 1.77 bits per heavy atom. The Kier molecular flexibility index (Phi) is 6.33. The smallest absolute Gasteiger partial charge is 0.147 e. The molecule has 0 amide bonds. The Morgan fingerprint density at radius 1 is 1.23 bits per heavy atom. The molecule has 0 saturated heterocycles. The Labute approximate surface area is 81.8 Å². The van der Waals surface area contributed by atoms with Gasteiger partial charge in [-0.25, -0.2) is 8.42 Å². The molecule has 0 aliphatic carbocycles. The highest BCUT2D eigenvalue weighted by Gasteiger charge is 2.03. The second kappa shape index (κ2) is 6.38. The average Bonchev–Trinajstić information content (AvgIpc) is 2.03. The van der Waals surface area contributed by atoms with Gasteiger partial charge in [0.2, 0.25) is 0 Å². The summed E-state index contributed by atoms with van der Waals surface area (Å²) in [5, 5.41) is 3.33. The molecule has 0 aliphatic rings. The minimum Gasteiger partial charge on any atom is -0.314 e. The third-order valence-electron chi connectivity index (χ3n) is 2.11. The summed E-state index contributed by atoms with van der Waals surface area (Å²) >= 11 is 0. The molecule has 0 aliphatic heterocycles. The molecule has 0 rings (SSSR count). The highest BCUT2D eigenvalue weighted by atomic mass is 32.2. The van der Waals surface area contributed by atoms with Crippen molar-refractivity contribution in [1.82, 2.24) is 5.32 Å². The van der Waals surface area contributed by atoms with E-state index in [-0.39, 0.29) is 0 Å². The van der Waals surface area contributed by atoms with Crippen molar-refractivity contribution in [3.8, 4) is 0 Å². The summed E-state index contributed by atoms with van der Waals surface area (Å²) in [6.45, 7) is 5.08. The van der Waals surface area contributed by atoms with Crippen LogP contribution in [0.5, 0.6) is 0 Å². The van der Waals surface area contributed by atoms with Crippen LogP contribution in [0.4, 0.5) is 0 Å². The molecule has 0 heterocycles. The second-order valence-corrected chi connectivity index (χ2v) is 5.71. The quantitative estimate of drug-likeness (QED) is 0.638. The average molecular weight is 207 g/mol. The molecule has 0 fully saturated rings. The molecule has 0 aromatic heterocycles. The Morgan fingerprint density at radius 3 is 2.15 bits per heavy atom. The van der Waals surface area contributed by atoms with E-state index in [2.05, 4.69) is 19.2 Å². The van der Waals surface area contributed by atoms with E-state index in [1.54, 1.807) is 0 Å². The maximum absolute atomic E-state index is 10.8. The number of hydrogen-bond donors (Lipinski definition) is 1. The summed E-state index contributed by atoms with van der Waals surface area (Å²) in [7, 11) is -2.78. The lowest BCUT2D eigenvalue weighted by Crippen LogP contribution is -2.29. The van der Waals surface area contributed by atoms with Crippen LogP contribution in [0.1, 0.15) is 33.1 Å². The summed E-state index contributed by atoms with van der Waals surface area (Å²) in [6, 6.07) is 0.541. The van der Waals surface area contributed by atoms with Gasteiger partial charge in [0.05, 0.1) is 5.75 Å². The molecule has 0 radical (unpaired) electrons. The van der Waals surface area contributed by atoms with Crippen LogP contribution in [0.15, 0.2) is 0 Å². The fraction of sp³-hybridized carbons (Fsp3) is 1.00. The van der Waals surface area contributed by atoms with E-state index in [0.717, 1.165) is 25.8 Å². The molecular weight excluding hydrogens is 186 g/mol. The summed E-state index contributed by atoms with van der Waals surface area (Å²) < 4.78 is 21.6. The first-order valence-electron chi connectivity index (χ1n) is 4.90. The van der Waals surface area contributed by atoms with E-state index in [4.69, 9.17) is 0 Å². The highest BCUT2D eigenvalue weighted by molar-refractivity contribution is 7.90. The molecule has 4 heteroatoms. The second-order valence-electron chi connectivity index (χ2n) is 3.45. The van der Waals surface area contributed by atoms with Crippen LogP contribution < -0.4 is 5.32 Å². The standard InChI is InChI=1S/C9H21NO2S/c1-4-9(5-2)10-7-6-8-13(3,11)12/h9-10H,4-8H2,1-3H3. The first-order chi connectivity index (χ1) is 5.99. The van der Waals surface area contributed by atoms with Crippen molar-refractivity contribution in [3.05, 3.63) is 0 Å². The van der Waals surface area contributed by atoms with Gasteiger partial charge in [-0.05, 0) is 25.8 Å². The Balaban J connectivity index is 3.45. The van der Waals surface area contributed by atoms with Gasteiger partial charge in [-0.15, -0.1) is 0 Å². The summed E-state index contributed by atoms with van der Waals surface area (Å²) in [5.41, 5.74) is 0. The van der Waals surface area contributed by atoms with Gasteiger partial charge in [-0.3, -0.25) is 0 Å². The van der Waals surface area contributed by atoms with E-state index in [9.17, 15) is 8.42 Å². The number of nitrogens with one attached hydrogen (secondary N) is 1. The van der Waals surface area contributed by atoms with E-state index in [1.807, 2.05) is 0 Å². The lowest BCUT2D eigenvalue weighted by atomic mass is 10.2. The van der Waals surface area contributed by atoms with E-state index >= 15 is 0 Å². The monoisotopic (exact) mass is 207 g/mol. The van der Waals surface area contributed by atoms with Crippen molar-refractivity contribution >= 4 is 9.84 Å². The molecule has 0 bridgehead atoms. The largest absolute Gasteiger partial charge is 0.314 e. The molecule has 80 valence electrons. The molecular formula is C9H21NO2S. The summed E-state index contributed by atoms with van der Waals surface area (Å²) in [4.78, 5) is 0. The van der Waals surface area contributed by atoms with Crippen molar-refractivity contribution < 1.29 is 8.42 Å². The zero-order chi connectivity index (χ0) is 10.3. The number of sulfone groups is 1. The SMILES string of the molecule is CCC(CC)NCCCS(C)(=O)=O. The molecule has 0 atom stereocenters. The van der Waals surface area contributed by atoms with Crippen LogP contribution in [-0.2, 0) is 9.84 Å². The van der Waals surface area contributed by atoms with Crippen molar-refractivity contribution in [2.75, 3.05) is 18.6 Å². The predicted molar refractivity (Wildman–Crippen MR) is 56.7 cm³/mol. The fourth-order valence-electron chi connectivity index (χ4n) is 1.22. The Hall–Kier alpha value is -0.0900. The molecule has 1 N–H and O–H groups in total. The van der Waals surface area contributed by atoms with Crippen molar-refractivity contribution in [2.24, 2.45) is 0 Å². The topological polar surface area (TPSA) is 46.2 Å². The zero-order valence-electron chi connectivity index (χ0n) is 8.84. The molecule has 0 spiro atoms. The summed E-state index contributed by atoms with van der Waals surface area (Å²) in [5.74, 6) is 0.292. The van der Waals surface area contributed by atoms with Crippen molar-refractivity contribution in [2.45, 2.75) is 39.2 Å². The van der Waals surface area contributed by atoms with Crippen LogP contribution in [0.3, 0.4) is 0 Å². The van der Waals surface area contributed by atoms with Gasteiger partial charge < -0.3 is 5.32 Å². The lowest BCUT2D eigenvalue weighted by molar-refractivity contribution is 0.484. The Bertz CT molecular complexity index is 208. The van der Waals surface area contributed by atoms with Gasteiger partial charge in [0.1, 0.15) is 9.84 Å². The zero-order valence-corrected chi connectivity index (χ0v) is 9.65. The first-order valence-corrected chi connectivity index (χ1v) is 6.96. The first kappa shape index (κ1) is 12.9. The predicted octanol–water partition coefficient (Wildman–Crippen LogP) is 1.20. The third kappa shape index (κ3) is 8.25. The van der Waals surface area contributed by atoms with Crippen LogP contribution in [0.25, 0.3) is 0 Å². The van der Waals surface area contributed by atoms with Gasteiger partial charge >= 0.3 is 0 Å². The van der Waals surface area contributed by atoms with Gasteiger partial charge in [0.25, 0.3) is 0 Å². The maximum atomic E-state index is 10.8. The molecule has 0 unspecified atom stereocenters. The highest BCUT2D eigenvalue weighted by Crippen LogP contribution is 1.96. The van der Waals surface area contributed by atoms with Crippen LogP contribution in [0, 0.1) is 0 Å². The molecule has 13 heavy (non-hydrogen) atoms. The number of hydrogen-bond acceptors (Lipinski definition) is 3. The van der Waals surface area contributed by atoms with E-state index in [0.29, 0.717) is 11.8 Å².